The summed E-state index contributed by atoms with van der Waals surface area (Å²) >= 11 is 0. The number of hydrogen-bond acceptors (Lipinski definition) is 4. The molecule has 1 aliphatic heterocycles. The van der Waals surface area contributed by atoms with Gasteiger partial charge in [0.2, 0.25) is 0 Å². The van der Waals surface area contributed by atoms with Crippen LogP contribution in [0.15, 0.2) is 42.9 Å². The van der Waals surface area contributed by atoms with Gasteiger partial charge in [0.05, 0.1) is 29.1 Å². The maximum Gasteiger partial charge on any atom is 0.342 e. The van der Waals surface area contributed by atoms with Crippen molar-refractivity contribution in [2.75, 3.05) is 6.54 Å². The highest BCUT2D eigenvalue weighted by atomic mass is 19.2. The number of ether oxygens (including phenoxy) is 1. The first kappa shape index (κ1) is 21.7. The molecular formula is C24H23F2N3O3. The second-order valence-electron chi connectivity index (χ2n) is 8.74. The molecule has 0 spiro atoms. The first-order valence-electron chi connectivity index (χ1n) is 10.2. The molecule has 1 N–H and O–H groups in total. The molecule has 0 bridgehead atoms. The van der Waals surface area contributed by atoms with Gasteiger partial charge in [-0.3, -0.25) is 9.78 Å². The van der Waals surface area contributed by atoms with E-state index in [0.717, 1.165) is 28.6 Å². The summed E-state index contributed by atoms with van der Waals surface area (Å²) in [5.41, 5.74) is 1.71. The summed E-state index contributed by atoms with van der Waals surface area (Å²) in [4.78, 5) is 35.0. The second kappa shape index (κ2) is 7.85. The number of halogens is 2. The zero-order valence-corrected chi connectivity index (χ0v) is 18.2. The fourth-order valence-corrected chi connectivity index (χ4v) is 4.08. The Labute approximate surface area is 183 Å². The average Bonchev–Trinajstić information content (AvgIpc) is 3.06. The van der Waals surface area contributed by atoms with E-state index < -0.39 is 28.9 Å². The number of nitrogens with zero attached hydrogens (tertiary/aromatic N) is 2. The third kappa shape index (κ3) is 3.77. The molecular weight excluding hydrogens is 416 g/mol. The van der Waals surface area contributed by atoms with Crippen LogP contribution in [0.5, 0.6) is 0 Å². The van der Waals surface area contributed by atoms with E-state index in [-0.39, 0.29) is 23.8 Å². The van der Waals surface area contributed by atoms with Crippen LogP contribution in [-0.2, 0) is 14.9 Å². The van der Waals surface area contributed by atoms with Crippen LogP contribution in [0.1, 0.15) is 49.3 Å². The van der Waals surface area contributed by atoms with Crippen molar-refractivity contribution < 1.29 is 23.1 Å². The molecule has 166 valence electrons. The lowest BCUT2D eigenvalue weighted by atomic mass is 9.82. The Balaban J connectivity index is 1.89. The van der Waals surface area contributed by atoms with Crippen molar-refractivity contribution in [3.05, 3.63) is 71.3 Å². The van der Waals surface area contributed by atoms with Crippen molar-refractivity contribution in [3.8, 4) is 0 Å². The lowest BCUT2D eigenvalue weighted by Gasteiger charge is -2.29. The SMILES string of the molecule is CC(C)OC(=O)C1=CN(C(=O)c2ccc(F)c(F)c2)CC(C)(C)c2c1[nH]c1cnccc21. The van der Waals surface area contributed by atoms with Crippen LogP contribution < -0.4 is 0 Å². The maximum absolute atomic E-state index is 13.8. The summed E-state index contributed by atoms with van der Waals surface area (Å²) < 4.78 is 32.6. The number of hydrogen-bond donors (Lipinski definition) is 1. The molecule has 0 radical (unpaired) electrons. The summed E-state index contributed by atoms with van der Waals surface area (Å²) in [5, 5.41) is 0.880. The highest BCUT2D eigenvalue weighted by Crippen LogP contribution is 2.40. The Morgan fingerprint density at radius 3 is 2.62 bits per heavy atom. The predicted molar refractivity (Wildman–Crippen MR) is 116 cm³/mol. The van der Waals surface area contributed by atoms with Crippen molar-refractivity contribution in [1.29, 1.82) is 0 Å². The number of H-pyrrole nitrogens is 1. The van der Waals surface area contributed by atoms with Gasteiger partial charge < -0.3 is 14.6 Å². The van der Waals surface area contributed by atoms with Crippen molar-refractivity contribution in [1.82, 2.24) is 14.9 Å². The number of esters is 1. The monoisotopic (exact) mass is 439 g/mol. The van der Waals surface area contributed by atoms with Gasteiger partial charge >= 0.3 is 5.97 Å². The van der Waals surface area contributed by atoms with E-state index in [0.29, 0.717) is 5.69 Å². The van der Waals surface area contributed by atoms with Crippen molar-refractivity contribution in [2.45, 2.75) is 39.2 Å². The van der Waals surface area contributed by atoms with E-state index in [1.807, 2.05) is 19.9 Å². The molecule has 2 aromatic heterocycles. The van der Waals surface area contributed by atoms with Gasteiger partial charge in [0.15, 0.2) is 11.6 Å². The smallest absolute Gasteiger partial charge is 0.342 e. The molecule has 1 aromatic carbocycles. The van der Waals surface area contributed by atoms with Crippen molar-refractivity contribution in [3.63, 3.8) is 0 Å². The van der Waals surface area contributed by atoms with E-state index in [4.69, 9.17) is 4.74 Å². The molecule has 1 aliphatic rings. The largest absolute Gasteiger partial charge is 0.459 e. The van der Waals surface area contributed by atoms with Crippen LogP contribution in [0.4, 0.5) is 8.78 Å². The highest BCUT2D eigenvalue weighted by Gasteiger charge is 2.37. The van der Waals surface area contributed by atoms with Crippen LogP contribution in [0.2, 0.25) is 0 Å². The molecule has 3 aromatic rings. The first-order chi connectivity index (χ1) is 15.1. The fourth-order valence-electron chi connectivity index (χ4n) is 4.08. The molecule has 0 aliphatic carbocycles. The normalized spacial score (nSPS) is 15.3. The third-order valence-electron chi connectivity index (χ3n) is 5.39. The molecule has 4 rings (SSSR count). The predicted octanol–water partition coefficient (Wildman–Crippen LogP) is 4.57. The van der Waals surface area contributed by atoms with Gasteiger partial charge in [-0.1, -0.05) is 13.8 Å². The second-order valence-corrected chi connectivity index (χ2v) is 8.74. The number of carbonyl (C=O) groups excluding carboxylic acids is 2. The van der Waals surface area contributed by atoms with Gasteiger partial charge in [-0.15, -0.1) is 0 Å². The highest BCUT2D eigenvalue weighted by molar-refractivity contribution is 6.18. The maximum atomic E-state index is 13.8. The molecule has 0 fully saturated rings. The molecule has 32 heavy (non-hydrogen) atoms. The summed E-state index contributed by atoms with van der Waals surface area (Å²) in [5.74, 6) is -3.30. The van der Waals surface area contributed by atoms with E-state index in [1.54, 1.807) is 26.2 Å². The van der Waals surface area contributed by atoms with Gasteiger partial charge in [0.1, 0.15) is 0 Å². The summed E-state index contributed by atoms with van der Waals surface area (Å²) in [6.07, 6.45) is 4.39. The quantitative estimate of drug-likeness (QED) is 0.607. The zero-order chi connectivity index (χ0) is 23.2. The van der Waals surface area contributed by atoms with Gasteiger partial charge in [-0.2, -0.15) is 0 Å². The topological polar surface area (TPSA) is 75.3 Å². The summed E-state index contributed by atoms with van der Waals surface area (Å²) in [6.45, 7) is 7.58. The number of aromatic nitrogens is 2. The number of rotatable bonds is 3. The fraction of sp³-hybridized carbons (Fsp3) is 0.292. The number of fused-ring (bicyclic) bond motifs is 3. The standard InChI is InChI=1S/C24H23F2N3O3/c1-13(2)32-23(31)16-11-29(22(30)14-5-6-17(25)18(26)9-14)12-24(3,4)20-15-7-8-27-10-19(15)28-21(16)20/h5-11,13,28H,12H2,1-4H3. The Morgan fingerprint density at radius 2 is 1.94 bits per heavy atom. The third-order valence-corrected chi connectivity index (χ3v) is 5.39. The minimum absolute atomic E-state index is 0.0212. The number of nitrogens with one attached hydrogen (secondary N) is 1. The molecule has 0 atom stereocenters. The number of amides is 1. The Morgan fingerprint density at radius 1 is 1.19 bits per heavy atom. The number of pyridine rings is 1. The molecule has 8 heteroatoms. The Kier molecular flexibility index (Phi) is 5.32. The van der Waals surface area contributed by atoms with Crippen LogP contribution in [0.25, 0.3) is 16.5 Å². The van der Waals surface area contributed by atoms with Crippen molar-refractivity contribution in [2.24, 2.45) is 0 Å². The number of aromatic amines is 1. The number of carbonyl (C=O) groups is 2. The Bertz CT molecular complexity index is 1260. The molecule has 3 heterocycles. The lowest BCUT2D eigenvalue weighted by molar-refractivity contribution is -0.140. The van der Waals surface area contributed by atoms with Gasteiger partial charge in [-0.05, 0) is 43.7 Å². The van der Waals surface area contributed by atoms with Crippen LogP contribution in [-0.4, -0.2) is 39.4 Å². The van der Waals surface area contributed by atoms with E-state index in [1.165, 1.54) is 17.2 Å². The molecule has 0 saturated carbocycles. The van der Waals surface area contributed by atoms with Gasteiger partial charge in [0, 0.05) is 35.3 Å². The first-order valence-corrected chi connectivity index (χ1v) is 10.2. The van der Waals surface area contributed by atoms with E-state index in [2.05, 4.69) is 9.97 Å². The van der Waals surface area contributed by atoms with Gasteiger partial charge in [0.25, 0.3) is 5.91 Å². The summed E-state index contributed by atoms with van der Waals surface area (Å²) in [6, 6.07) is 4.84. The van der Waals surface area contributed by atoms with Crippen molar-refractivity contribution >= 4 is 28.4 Å². The molecule has 0 unspecified atom stereocenters. The van der Waals surface area contributed by atoms with Crippen LogP contribution in [0.3, 0.4) is 0 Å². The molecule has 1 amide bonds. The molecule has 6 nitrogen and oxygen atoms in total. The van der Waals surface area contributed by atoms with E-state index in [9.17, 15) is 18.4 Å². The van der Waals surface area contributed by atoms with E-state index >= 15 is 0 Å². The number of benzene rings is 1. The lowest BCUT2D eigenvalue weighted by Crippen LogP contribution is -2.37. The Hall–Kier alpha value is -3.55. The minimum atomic E-state index is -1.11. The average molecular weight is 439 g/mol. The minimum Gasteiger partial charge on any atom is -0.459 e. The van der Waals surface area contributed by atoms with Crippen LogP contribution >= 0.6 is 0 Å². The molecule has 0 saturated heterocycles. The van der Waals surface area contributed by atoms with Gasteiger partial charge in [-0.25, -0.2) is 13.6 Å². The summed E-state index contributed by atoms with van der Waals surface area (Å²) in [7, 11) is 0. The van der Waals surface area contributed by atoms with Crippen LogP contribution in [0, 0.1) is 11.6 Å². The zero-order valence-electron chi connectivity index (χ0n) is 18.2.